The summed E-state index contributed by atoms with van der Waals surface area (Å²) in [6.45, 7) is 2.08. The summed E-state index contributed by atoms with van der Waals surface area (Å²) in [4.78, 5) is 23.4. The van der Waals surface area contributed by atoms with Crippen molar-refractivity contribution in [2.75, 3.05) is 5.32 Å². The van der Waals surface area contributed by atoms with Crippen LogP contribution in [0.5, 0.6) is 5.75 Å². The number of anilines is 1. The molecule has 0 unspecified atom stereocenters. The molecule has 1 N–H and O–H groups in total. The van der Waals surface area contributed by atoms with Crippen molar-refractivity contribution in [3.63, 3.8) is 0 Å². The molecule has 35 heavy (non-hydrogen) atoms. The maximum atomic E-state index is 12.7. The molecule has 0 saturated heterocycles. The molecule has 7 heteroatoms. The quantitative estimate of drug-likeness (QED) is 0.152. The summed E-state index contributed by atoms with van der Waals surface area (Å²) in [6, 6.07) is 27.5. The zero-order valence-corrected chi connectivity index (χ0v) is 18.9. The van der Waals surface area contributed by atoms with Gasteiger partial charge in [0.25, 0.3) is 11.6 Å². The number of nitro groups is 1. The molecule has 0 radical (unpaired) electrons. The number of aryl methyl sites for hydroxylation is 1. The lowest BCUT2D eigenvalue weighted by atomic mass is 10.1. The highest BCUT2D eigenvalue weighted by Gasteiger charge is 2.18. The maximum Gasteiger partial charge on any atom is 0.293 e. The first-order valence-corrected chi connectivity index (χ1v) is 10.8. The van der Waals surface area contributed by atoms with Crippen molar-refractivity contribution < 1.29 is 14.5 Å². The number of nitrogens with zero attached hydrogens (tertiary/aromatic N) is 2. The Morgan fingerprint density at radius 3 is 2.63 bits per heavy atom. The molecule has 0 atom stereocenters. The van der Waals surface area contributed by atoms with Gasteiger partial charge in [0.2, 0.25) is 0 Å². The molecule has 172 valence electrons. The van der Waals surface area contributed by atoms with Crippen LogP contribution in [0, 0.1) is 28.4 Å². The summed E-state index contributed by atoms with van der Waals surface area (Å²) in [5.41, 5.74) is 1.92. The second-order valence-corrected chi connectivity index (χ2v) is 7.90. The molecule has 0 heterocycles. The molecule has 0 saturated carbocycles. The molecule has 1 amide bonds. The van der Waals surface area contributed by atoms with Gasteiger partial charge in [-0.15, -0.1) is 0 Å². The summed E-state index contributed by atoms with van der Waals surface area (Å²) in [6.07, 6.45) is 1.42. The third-order valence-electron chi connectivity index (χ3n) is 5.41. The summed E-state index contributed by atoms with van der Waals surface area (Å²) < 4.78 is 5.98. The van der Waals surface area contributed by atoms with Crippen LogP contribution >= 0.6 is 0 Å². The minimum atomic E-state index is -0.735. The smallest absolute Gasteiger partial charge is 0.293 e. The van der Waals surface area contributed by atoms with Crippen LogP contribution in [0.2, 0.25) is 0 Å². The fourth-order valence-corrected chi connectivity index (χ4v) is 3.68. The summed E-state index contributed by atoms with van der Waals surface area (Å²) in [7, 11) is 0. The van der Waals surface area contributed by atoms with Gasteiger partial charge in [-0.05, 0) is 58.7 Å². The van der Waals surface area contributed by atoms with Gasteiger partial charge < -0.3 is 10.1 Å². The molecule has 0 aliphatic heterocycles. The molecule has 4 aromatic carbocycles. The van der Waals surface area contributed by atoms with Crippen LogP contribution in [0.4, 0.5) is 11.4 Å². The van der Waals surface area contributed by atoms with Crippen molar-refractivity contribution in [3.05, 3.63) is 117 Å². The minimum absolute atomic E-state index is 0.0268. The van der Waals surface area contributed by atoms with Gasteiger partial charge in [-0.1, -0.05) is 60.7 Å². The van der Waals surface area contributed by atoms with Gasteiger partial charge in [-0.2, -0.15) is 5.26 Å². The first kappa shape index (κ1) is 23.2. The zero-order chi connectivity index (χ0) is 24.8. The predicted octanol–water partition coefficient (Wildman–Crippen LogP) is 6.18. The molecule has 0 bridgehead atoms. The first-order chi connectivity index (χ1) is 16.9. The number of carbonyl (C=O) groups excluding carboxylic acids is 1. The Hall–Kier alpha value is -4.96. The highest BCUT2D eigenvalue weighted by molar-refractivity contribution is 6.10. The molecule has 0 aliphatic carbocycles. The van der Waals surface area contributed by atoms with E-state index >= 15 is 0 Å². The fourth-order valence-electron chi connectivity index (χ4n) is 3.68. The number of carbonyl (C=O) groups is 1. The number of hydrogen-bond donors (Lipinski definition) is 1. The monoisotopic (exact) mass is 463 g/mol. The van der Waals surface area contributed by atoms with Gasteiger partial charge in [0.1, 0.15) is 29.7 Å². The van der Waals surface area contributed by atoms with Crippen molar-refractivity contribution in [1.29, 1.82) is 5.26 Å². The molecule has 0 aliphatic rings. The minimum Gasteiger partial charge on any atom is -0.489 e. The van der Waals surface area contributed by atoms with Crippen LogP contribution in [0.1, 0.15) is 16.7 Å². The molecule has 0 aromatic heterocycles. The van der Waals surface area contributed by atoms with Crippen molar-refractivity contribution >= 4 is 34.1 Å². The van der Waals surface area contributed by atoms with Crippen LogP contribution < -0.4 is 10.1 Å². The third-order valence-corrected chi connectivity index (χ3v) is 5.41. The Balaban J connectivity index is 1.51. The molecule has 0 fully saturated rings. The Kier molecular flexibility index (Phi) is 6.84. The van der Waals surface area contributed by atoms with Crippen LogP contribution in [-0.4, -0.2) is 10.8 Å². The van der Waals surface area contributed by atoms with Crippen molar-refractivity contribution in [1.82, 2.24) is 0 Å². The number of nitriles is 1. The lowest BCUT2D eigenvalue weighted by molar-refractivity contribution is -0.384. The van der Waals surface area contributed by atoms with Gasteiger partial charge in [-0.25, -0.2) is 0 Å². The average molecular weight is 463 g/mol. The van der Waals surface area contributed by atoms with E-state index in [1.54, 1.807) is 37.3 Å². The first-order valence-electron chi connectivity index (χ1n) is 10.8. The van der Waals surface area contributed by atoms with Gasteiger partial charge >= 0.3 is 0 Å². The average Bonchev–Trinajstić information content (AvgIpc) is 2.87. The van der Waals surface area contributed by atoms with E-state index < -0.39 is 10.8 Å². The summed E-state index contributed by atoms with van der Waals surface area (Å²) >= 11 is 0. The highest BCUT2D eigenvalue weighted by atomic mass is 16.6. The standard InChI is InChI=1S/C28H21N3O4/c1-19-12-13-26(27(14-19)31(33)34)30-28(32)23(17-29)15-20-6-4-10-24(16-20)35-18-22-9-5-8-21-7-2-3-11-25(21)22/h2-16H,18H2,1H3,(H,30,32)/b23-15+. The summed E-state index contributed by atoms with van der Waals surface area (Å²) in [5.74, 6) is -0.153. The van der Waals surface area contributed by atoms with E-state index in [1.807, 2.05) is 48.5 Å². The van der Waals surface area contributed by atoms with E-state index in [-0.39, 0.29) is 16.9 Å². The number of ether oxygens (including phenoxy) is 1. The normalized spacial score (nSPS) is 11.0. The Bertz CT molecular complexity index is 1500. The SMILES string of the molecule is Cc1ccc(NC(=O)/C(C#N)=C/c2cccc(OCc3cccc4ccccc34)c2)c([N+](=O)[O-])c1. The molecular formula is C28H21N3O4. The highest BCUT2D eigenvalue weighted by Crippen LogP contribution is 2.26. The van der Waals surface area contributed by atoms with Gasteiger partial charge in [-0.3, -0.25) is 14.9 Å². The van der Waals surface area contributed by atoms with E-state index in [2.05, 4.69) is 5.32 Å². The van der Waals surface area contributed by atoms with Gasteiger partial charge in [0.05, 0.1) is 4.92 Å². The molecular weight excluding hydrogens is 442 g/mol. The van der Waals surface area contributed by atoms with Crippen molar-refractivity contribution in [2.45, 2.75) is 13.5 Å². The second-order valence-electron chi connectivity index (χ2n) is 7.90. The van der Waals surface area contributed by atoms with E-state index in [0.717, 1.165) is 16.3 Å². The number of nitrogens with one attached hydrogen (secondary N) is 1. The third kappa shape index (κ3) is 5.52. The lowest BCUT2D eigenvalue weighted by Crippen LogP contribution is -2.14. The van der Waals surface area contributed by atoms with Crippen LogP contribution in [0.3, 0.4) is 0 Å². The van der Waals surface area contributed by atoms with E-state index in [1.165, 1.54) is 18.2 Å². The van der Waals surface area contributed by atoms with E-state index in [0.29, 0.717) is 23.5 Å². The number of rotatable bonds is 7. The fraction of sp³-hybridized carbons (Fsp3) is 0.0714. The maximum absolute atomic E-state index is 12.7. The zero-order valence-electron chi connectivity index (χ0n) is 18.9. The number of nitro benzene ring substituents is 1. The van der Waals surface area contributed by atoms with Crippen LogP contribution in [0.25, 0.3) is 16.8 Å². The number of amides is 1. The van der Waals surface area contributed by atoms with Crippen molar-refractivity contribution in [2.24, 2.45) is 0 Å². The Morgan fingerprint density at radius 1 is 1.06 bits per heavy atom. The predicted molar refractivity (Wildman–Crippen MR) is 135 cm³/mol. The molecule has 4 aromatic rings. The topological polar surface area (TPSA) is 105 Å². The molecule has 0 spiro atoms. The van der Waals surface area contributed by atoms with E-state index in [4.69, 9.17) is 4.74 Å². The van der Waals surface area contributed by atoms with Gasteiger partial charge in [0, 0.05) is 6.07 Å². The molecule has 4 rings (SSSR count). The second kappa shape index (κ2) is 10.3. The lowest BCUT2D eigenvalue weighted by Gasteiger charge is -2.10. The van der Waals surface area contributed by atoms with Crippen molar-refractivity contribution in [3.8, 4) is 11.8 Å². The number of benzene rings is 4. The largest absolute Gasteiger partial charge is 0.489 e. The molecule has 7 nitrogen and oxygen atoms in total. The number of hydrogen-bond acceptors (Lipinski definition) is 5. The van der Waals surface area contributed by atoms with Crippen LogP contribution in [0.15, 0.2) is 90.5 Å². The summed E-state index contributed by atoms with van der Waals surface area (Å²) in [5, 5.41) is 25.6. The van der Waals surface area contributed by atoms with Gasteiger partial charge in [0.15, 0.2) is 0 Å². The Labute approximate surface area is 202 Å². The van der Waals surface area contributed by atoms with E-state index in [9.17, 15) is 20.2 Å². The number of fused-ring (bicyclic) bond motifs is 1. The van der Waals surface area contributed by atoms with Crippen LogP contribution in [-0.2, 0) is 11.4 Å². The Morgan fingerprint density at radius 2 is 1.83 bits per heavy atom.